The summed E-state index contributed by atoms with van der Waals surface area (Å²) in [5.41, 5.74) is 9.20. The van der Waals surface area contributed by atoms with Gasteiger partial charge in [-0.05, 0) is 22.3 Å². The molecule has 1 atom stereocenters. The SMILES string of the molecule is NC(=O)CC(NC(=O)OCC1c2ccccc2-c2ccccc21)C(=O)[O-]. The number of alkyl carbamates (subject to hydrolysis) is 1. The number of carboxylic acids is 1. The number of carbonyl (C=O) groups is 3. The van der Waals surface area contributed by atoms with E-state index in [1.807, 2.05) is 48.5 Å². The Morgan fingerprint density at radius 3 is 2.08 bits per heavy atom. The third kappa shape index (κ3) is 3.51. The minimum absolute atomic E-state index is 0.0379. The maximum absolute atomic E-state index is 11.9. The standard InChI is InChI=1S/C19H18N2O5/c20-17(22)9-16(18(23)24)21-19(25)26-10-15-13-7-3-1-5-11(13)12-6-2-4-8-14(12)15/h1-8,15-16H,9-10H2,(H2,20,22)(H,21,25)(H,23,24)/p-1. The van der Waals surface area contributed by atoms with Gasteiger partial charge in [0.05, 0.1) is 18.4 Å². The predicted octanol–water partition coefficient (Wildman–Crippen LogP) is 0.519. The smallest absolute Gasteiger partial charge is 0.407 e. The van der Waals surface area contributed by atoms with Gasteiger partial charge in [0.2, 0.25) is 5.91 Å². The average Bonchev–Trinajstić information content (AvgIpc) is 2.93. The van der Waals surface area contributed by atoms with Crippen LogP contribution in [0.1, 0.15) is 23.5 Å². The zero-order valence-corrected chi connectivity index (χ0v) is 13.8. The molecule has 0 heterocycles. The summed E-state index contributed by atoms with van der Waals surface area (Å²) in [6, 6.07) is 14.1. The summed E-state index contributed by atoms with van der Waals surface area (Å²) >= 11 is 0. The molecular formula is C19H17N2O5-. The van der Waals surface area contributed by atoms with E-state index in [0.717, 1.165) is 22.3 Å². The summed E-state index contributed by atoms with van der Waals surface area (Å²) in [5.74, 6) is -2.61. The Kier molecular flexibility index (Phi) is 4.88. The van der Waals surface area contributed by atoms with Gasteiger partial charge in [0.1, 0.15) is 6.61 Å². The van der Waals surface area contributed by atoms with Gasteiger partial charge in [0.25, 0.3) is 0 Å². The van der Waals surface area contributed by atoms with E-state index in [9.17, 15) is 19.5 Å². The molecule has 2 aromatic rings. The molecule has 2 amide bonds. The third-order valence-electron chi connectivity index (χ3n) is 4.33. The van der Waals surface area contributed by atoms with E-state index in [1.54, 1.807) is 0 Å². The monoisotopic (exact) mass is 353 g/mol. The molecule has 1 unspecified atom stereocenters. The van der Waals surface area contributed by atoms with Gasteiger partial charge in [-0.2, -0.15) is 0 Å². The van der Waals surface area contributed by atoms with E-state index >= 15 is 0 Å². The number of benzene rings is 2. The number of amides is 2. The van der Waals surface area contributed by atoms with E-state index in [2.05, 4.69) is 5.32 Å². The van der Waals surface area contributed by atoms with Gasteiger partial charge in [0, 0.05) is 5.92 Å². The van der Waals surface area contributed by atoms with Gasteiger partial charge < -0.3 is 25.7 Å². The van der Waals surface area contributed by atoms with Gasteiger partial charge >= 0.3 is 6.09 Å². The number of hydrogen-bond donors (Lipinski definition) is 2. The lowest BCUT2D eigenvalue weighted by Crippen LogP contribution is -2.49. The van der Waals surface area contributed by atoms with Crippen molar-refractivity contribution in [2.75, 3.05) is 6.61 Å². The van der Waals surface area contributed by atoms with Crippen LogP contribution in [0.25, 0.3) is 11.1 Å². The maximum atomic E-state index is 11.9. The van der Waals surface area contributed by atoms with Crippen molar-refractivity contribution in [3.05, 3.63) is 59.7 Å². The second-order valence-electron chi connectivity index (χ2n) is 6.01. The van der Waals surface area contributed by atoms with Crippen LogP contribution in [0, 0.1) is 0 Å². The number of hydrogen-bond acceptors (Lipinski definition) is 5. The molecule has 3 rings (SSSR count). The van der Waals surface area contributed by atoms with Gasteiger partial charge in [-0.3, -0.25) is 4.79 Å². The van der Waals surface area contributed by atoms with Crippen molar-refractivity contribution >= 4 is 18.0 Å². The molecule has 0 aliphatic heterocycles. The summed E-state index contributed by atoms with van der Waals surface area (Å²) in [6.07, 6.45) is -1.51. The highest BCUT2D eigenvalue weighted by molar-refractivity contribution is 5.85. The van der Waals surface area contributed by atoms with Gasteiger partial charge in [0.15, 0.2) is 0 Å². The van der Waals surface area contributed by atoms with Crippen LogP contribution in [0.5, 0.6) is 0 Å². The largest absolute Gasteiger partial charge is 0.548 e. The summed E-state index contributed by atoms with van der Waals surface area (Å²) in [4.78, 5) is 33.8. The van der Waals surface area contributed by atoms with Crippen LogP contribution in [0.3, 0.4) is 0 Å². The molecule has 7 heteroatoms. The van der Waals surface area contributed by atoms with Crippen molar-refractivity contribution in [2.45, 2.75) is 18.4 Å². The highest BCUT2D eigenvalue weighted by atomic mass is 16.5. The molecule has 1 aliphatic rings. The zero-order valence-electron chi connectivity index (χ0n) is 13.8. The number of carbonyl (C=O) groups excluding carboxylic acids is 3. The number of fused-ring (bicyclic) bond motifs is 3. The van der Waals surface area contributed by atoms with E-state index in [1.165, 1.54) is 0 Å². The lowest BCUT2D eigenvalue weighted by Gasteiger charge is -2.19. The highest BCUT2D eigenvalue weighted by Gasteiger charge is 2.29. The van der Waals surface area contributed by atoms with Crippen molar-refractivity contribution in [2.24, 2.45) is 5.73 Å². The maximum Gasteiger partial charge on any atom is 0.407 e. The summed E-state index contributed by atoms with van der Waals surface area (Å²) in [7, 11) is 0. The normalized spacial score (nSPS) is 13.4. The van der Waals surface area contributed by atoms with Crippen LogP contribution in [0.2, 0.25) is 0 Å². The van der Waals surface area contributed by atoms with Crippen LogP contribution in [0.15, 0.2) is 48.5 Å². The van der Waals surface area contributed by atoms with Gasteiger partial charge in [-0.15, -0.1) is 0 Å². The van der Waals surface area contributed by atoms with Gasteiger partial charge in [-0.1, -0.05) is 48.5 Å². The molecule has 0 saturated heterocycles. The second kappa shape index (κ2) is 7.26. The van der Waals surface area contributed by atoms with E-state index < -0.39 is 30.4 Å². The van der Waals surface area contributed by atoms with Crippen LogP contribution in [0.4, 0.5) is 4.79 Å². The van der Waals surface area contributed by atoms with Gasteiger partial charge in [-0.25, -0.2) is 4.79 Å². The molecule has 134 valence electrons. The Balaban J connectivity index is 1.71. The number of primary amides is 1. The van der Waals surface area contributed by atoms with Crippen molar-refractivity contribution in [1.82, 2.24) is 5.32 Å². The minimum atomic E-state index is -1.60. The molecule has 0 fully saturated rings. The zero-order chi connectivity index (χ0) is 18.7. The number of rotatable bonds is 6. The summed E-state index contributed by atoms with van der Waals surface area (Å²) in [6.45, 7) is 0.0379. The minimum Gasteiger partial charge on any atom is -0.548 e. The third-order valence-corrected chi connectivity index (χ3v) is 4.33. The van der Waals surface area contributed by atoms with Crippen molar-refractivity contribution < 1.29 is 24.2 Å². The van der Waals surface area contributed by atoms with Crippen molar-refractivity contribution in [3.8, 4) is 11.1 Å². The van der Waals surface area contributed by atoms with E-state index in [4.69, 9.17) is 10.5 Å². The quantitative estimate of drug-likeness (QED) is 0.784. The molecule has 1 aliphatic carbocycles. The van der Waals surface area contributed by atoms with E-state index in [0.29, 0.717) is 0 Å². The number of carboxylic acid groups (broad SMARTS) is 1. The average molecular weight is 353 g/mol. The Morgan fingerprint density at radius 1 is 1.04 bits per heavy atom. The first-order valence-electron chi connectivity index (χ1n) is 8.08. The first-order chi connectivity index (χ1) is 12.5. The molecule has 0 aromatic heterocycles. The molecule has 0 spiro atoms. The van der Waals surface area contributed by atoms with Crippen molar-refractivity contribution in [1.29, 1.82) is 0 Å². The predicted molar refractivity (Wildman–Crippen MR) is 90.8 cm³/mol. The Hall–Kier alpha value is -3.35. The number of nitrogens with two attached hydrogens (primary N) is 1. The first-order valence-corrected chi connectivity index (χ1v) is 8.08. The summed E-state index contributed by atoms with van der Waals surface area (Å²) in [5, 5.41) is 13.1. The van der Waals surface area contributed by atoms with Crippen LogP contribution >= 0.6 is 0 Å². The number of aliphatic carboxylic acids is 1. The fourth-order valence-corrected chi connectivity index (χ4v) is 3.18. The molecule has 2 aromatic carbocycles. The van der Waals surface area contributed by atoms with E-state index in [-0.39, 0.29) is 12.5 Å². The topological polar surface area (TPSA) is 122 Å². The van der Waals surface area contributed by atoms with Crippen molar-refractivity contribution in [3.63, 3.8) is 0 Å². The Bertz CT molecular complexity index is 819. The Morgan fingerprint density at radius 2 is 1.58 bits per heavy atom. The molecule has 0 saturated carbocycles. The van der Waals surface area contributed by atoms with Crippen LogP contribution < -0.4 is 16.2 Å². The highest BCUT2D eigenvalue weighted by Crippen LogP contribution is 2.44. The molecule has 26 heavy (non-hydrogen) atoms. The molecular weight excluding hydrogens is 336 g/mol. The number of ether oxygens (including phenoxy) is 1. The fraction of sp³-hybridized carbons (Fsp3) is 0.211. The molecule has 3 N–H and O–H groups in total. The lowest BCUT2D eigenvalue weighted by atomic mass is 9.98. The molecule has 0 bridgehead atoms. The molecule has 7 nitrogen and oxygen atoms in total. The summed E-state index contributed by atoms with van der Waals surface area (Å²) < 4.78 is 5.21. The molecule has 0 radical (unpaired) electrons. The lowest BCUT2D eigenvalue weighted by molar-refractivity contribution is -0.308. The Labute approximate surface area is 149 Å². The first kappa shape index (κ1) is 17.5. The van der Waals surface area contributed by atoms with Crippen LogP contribution in [-0.4, -0.2) is 30.6 Å². The fourth-order valence-electron chi connectivity index (χ4n) is 3.18. The van der Waals surface area contributed by atoms with Crippen LogP contribution in [-0.2, 0) is 14.3 Å². The number of nitrogens with one attached hydrogen (secondary N) is 1. The second-order valence-corrected chi connectivity index (χ2v) is 6.01.